The Kier molecular flexibility index (Phi) is 2.31. The molecule has 0 radical (unpaired) electrons. The standard InChI is InChI=1S/C6H11BO2/c1-6(2)7-8-4-3-5-9-7/h1,3-5H2,2H3. The van der Waals surface area contributed by atoms with Crippen molar-refractivity contribution in [3.63, 3.8) is 0 Å². The van der Waals surface area contributed by atoms with Gasteiger partial charge in [0.1, 0.15) is 0 Å². The lowest BCUT2D eigenvalue weighted by Gasteiger charge is -2.19. The van der Waals surface area contributed by atoms with Gasteiger partial charge in [0.2, 0.25) is 0 Å². The second kappa shape index (κ2) is 3.04. The van der Waals surface area contributed by atoms with Gasteiger partial charge in [-0.1, -0.05) is 5.47 Å². The molecule has 50 valence electrons. The Morgan fingerprint density at radius 2 is 2.00 bits per heavy atom. The summed E-state index contributed by atoms with van der Waals surface area (Å²) in [5.41, 5.74) is 0.953. The van der Waals surface area contributed by atoms with E-state index in [2.05, 4.69) is 6.58 Å². The van der Waals surface area contributed by atoms with Crippen LogP contribution in [0.4, 0.5) is 0 Å². The zero-order valence-corrected chi connectivity index (χ0v) is 5.72. The third kappa shape index (κ3) is 1.84. The summed E-state index contributed by atoms with van der Waals surface area (Å²) in [6, 6.07) is 0. The molecule has 1 rings (SSSR count). The van der Waals surface area contributed by atoms with Gasteiger partial charge in [0.05, 0.1) is 0 Å². The topological polar surface area (TPSA) is 18.5 Å². The molecule has 0 amide bonds. The number of allylic oxidation sites excluding steroid dienone is 1. The van der Waals surface area contributed by atoms with E-state index in [-0.39, 0.29) is 7.12 Å². The summed E-state index contributed by atoms with van der Waals surface area (Å²) >= 11 is 0. The zero-order chi connectivity index (χ0) is 6.69. The van der Waals surface area contributed by atoms with Crippen LogP contribution in [0.3, 0.4) is 0 Å². The smallest absolute Gasteiger partial charge is 0.407 e. The van der Waals surface area contributed by atoms with Crippen LogP contribution in [-0.4, -0.2) is 20.3 Å². The molecule has 0 saturated carbocycles. The van der Waals surface area contributed by atoms with Gasteiger partial charge in [-0.3, -0.25) is 0 Å². The van der Waals surface area contributed by atoms with Crippen molar-refractivity contribution < 1.29 is 9.31 Å². The first-order valence-corrected chi connectivity index (χ1v) is 3.19. The summed E-state index contributed by atoms with van der Waals surface area (Å²) in [7, 11) is -0.140. The molecule has 0 atom stereocenters. The highest BCUT2D eigenvalue weighted by Crippen LogP contribution is 2.06. The molecule has 0 aromatic heterocycles. The summed E-state index contributed by atoms with van der Waals surface area (Å²) in [5, 5.41) is 0. The molecule has 9 heavy (non-hydrogen) atoms. The maximum Gasteiger partial charge on any atom is 0.488 e. The first-order valence-electron chi connectivity index (χ1n) is 3.19. The van der Waals surface area contributed by atoms with Crippen molar-refractivity contribution in [2.24, 2.45) is 0 Å². The lowest BCUT2D eigenvalue weighted by Crippen LogP contribution is -2.30. The quantitative estimate of drug-likeness (QED) is 0.488. The van der Waals surface area contributed by atoms with E-state index in [4.69, 9.17) is 9.31 Å². The van der Waals surface area contributed by atoms with Gasteiger partial charge in [0.25, 0.3) is 0 Å². The first-order chi connectivity index (χ1) is 4.30. The minimum absolute atomic E-state index is 0.140. The summed E-state index contributed by atoms with van der Waals surface area (Å²) in [6.45, 7) is 7.25. The summed E-state index contributed by atoms with van der Waals surface area (Å²) in [4.78, 5) is 0. The van der Waals surface area contributed by atoms with E-state index in [1.54, 1.807) is 0 Å². The van der Waals surface area contributed by atoms with Crippen molar-refractivity contribution in [2.75, 3.05) is 13.2 Å². The first kappa shape index (κ1) is 6.84. The Morgan fingerprint density at radius 1 is 1.44 bits per heavy atom. The molecular formula is C6H11BO2. The van der Waals surface area contributed by atoms with Crippen molar-refractivity contribution in [1.29, 1.82) is 0 Å². The molecule has 1 aliphatic rings. The monoisotopic (exact) mass is 126 g/mol. The lowest BCUT2D eigenvalue weighted by molar-refractivity contribution is 0.140. The van der Waals surface area contributed by atoms with Crippen LogP contribution in [0.5, 0.6) is 0 Å². The molecule has 1 aliphatic heterocycles. The van der Waals surface area contributed by atoms with Crippen molar-refractivity contribution >= 4 is 7.12 Å². The highest BCUT2D eigenvalue weighted by atomic mass is 16.6. The SMILES string of the molecule is C=C(C)B1OCCCO1. The molecule has 1 fully saturated rings. The molecule has 3 heteroatoms. The Balaban J connectivity index is 2.31. The number of rotatable bonds is 1. The van der Waals surface area contributed by atoms with Crippen LogP contribution in [0.15, 0.2) is 12.1 Å². The molecule has 0 unspecified atom stereocenters. The second-order valence-corrected chi connectivity index (χ2v) is 2.27. The van der Waals surface area contributed by atoms with Gasteiger partial charge in [-0.15, -0.1) is 6.58 Å². The van der Waals surface area contributed by atoms with Gasteiger partial charge in [0.15, 0.2) is 0 Å². The van der Waals surface area contributed by atoms with E-state index in [9.17, 15) is 0 Å². The maximum absolute atomic E-state index is 5.22. The fourth-order valence-corrected chi connectivity index (χ4v) is 0.772. The molecule has 0 spiro atoms. The highest BCUT2D eigenvalue weighted by molar-refractivity contribution is 6.53. The largest absolute Gasteiger partial charge is 0.488 e. The lowest BCUT2D eigenvalue weighted by atomic mass is 9.80. The van der Waals surface area contributed by atoms with E-state index in [1.807, 2.05) is 6.92 Å². The Bertz CT molecular complexity index is 108. The average molecular weight is 126 g/mol. The highest BCUT2D eigenvalue weighted by Gasteiger charge is 2.21. The minimum Gasteiger partial charge on any atom is -0.407 e. The van der Waals surface area contributed by atoms with Crippen molar-refractivity contribution in [1.82, 2.24) is 0 Å². The fourth-order valence-electron chi connectivity index (χ4n) is 0.772. The van der Waals surface area contributed by atoms with Crippen LogP contribution in [0.1, 0.15) is 13.3 Å². The maximum atomic E-state index is 5.22. The molecule has 2 nitrogen and oxygen atoms in total. The zero-order valence-electron chi connectivity index (χ0n) is 5.72. The van der Waals surface area contributed by atoms with Gasteiger partial charge in [0, 0.05) is 13.2 Å². The van der Waals surface area contributed by atoms with Gasteiger partial charge < -0.3 is 9.31 Å². The summed E-state index contributed by atoms with van der Waals surface area (Å²) < 4.78 is 10.4. The number of hydrogen-bond acceptors (Lipinski definition) is 2. The summed E-state index contributed by atoms with van der Waals surface area (Å²) in [6.07, 6.45) is 1.00. The third-order valence-corrected chi connectivity index (χ3v) is 1.23. The molecule has 1 heterocycles. The predicted molar refractivity (Wildman–Crippen MR) is 37.1 cm³/mol. The molecule has 0 aromatic carbocycles. The molecule has 0 aromatic rings. The number of hydrogen-bond donors (Lipinski definition) is 0. The van der Waals surface area contributed by atoms with Gasteiger partial charge >= 0.3 is 7.12 Å². The molecular weight excluding hydrogens is 115 g/mol. The van der Waals surface area contributed by atoms with Gasteiger partial charge in [-0.05, 0) is 13.3 Å². The predicted octanol–water partition coefficient (Wildman–Crippen LogP) is 1.03. The average Bonchev–Trinajstić information content (AvgIpc) is 1.90. The van der Waals surface area contributed by atoms with Gasteiger partial charge in [-0.25, -0.2) is 0 Å². The molecule has 0 aliphatic carbocycles. The summed E-state index contributed by atoms with van der Waals surface area (Å²) in [5.74, 6) is 0. The van der Waals surface area contributed by atoms with Crippen LogP contribution in [0.25, 0.3) is 0 Å². The van der Waals surface area contributed by atoms with Crippen molar-refractivity contribution in [3.8, 4) is 0 Å². The minimum atomic E-state index is -0.140. The van der Waals surface area contributed by atoms with E-state index in [0.29, 0.717) is 0 Å². The van der Waals surface area contributed by atoms with E-state index < -0.39 is 0 Å². The van der Waals surface area contributed by atoms with Crippen molar-refractivity contribution in [2.45, 2.75) is 13.3 Å². The van der Waals surface area contributed by atoms with E-state index >= 15 is 0 Å². The van der Waals surface area contributed by atoms with Gasteiger partial charge in [-0.2, -0.15) is 0 Å². The van der Waals surface area contributed by atoms with Crippen LogP contribution in [0, 0.1) is 0 Å². The second-order valence-electron chi connectivity index (χ2n) is 2.27. The van der Waals surface area contributed by atoms with E-state index in [0.717, 1.165) is 25.1 Å². The Morgan fingerprint density at radius 3 is 2.33 bits per heavy atom. The molecule has 0 N–H and O–H groups in total. The Labute approximate surface area is 56.0 Å². The van der Waals surface area contributed by atoms with Crippen LogP contribution < -0.4 is 0 Å². The van der Waals surface area contributed by atoms with Crippen LogP contribution in [-0.2, 0) is 9.31 Å². The third-order valence-electron chi connectivity index (χ3n) is 1.23. The van der Waals surface area contributed by atoms with Crippen molar-refractivity contribution in [3.05, 3.63) is 12.1 Å². The van der Waals surface area contributed by atoms with Crippen LogP contribution in [0.2, 0.25) is 0 Å². The molecule has 1 saturated heterocycles. The fraction of sp³-hybridized carbons (Fsp3) is 0.667. The molecule has 0 bridgehead atoms. The Hall–Kier alpha value is -0.275. The van der Waals surface area contributed by atoms with Crippen LogP contribution >= 0.6 is 0 Å². The van der Waals surface area contributed by atoms with E-state index in [1.165, 1.54) is 0 Å². The normalized spacial score (nSPS) is 19.9.